The molecule has 1 heterocycles. The molecule has 7 nitrogen and oxygen atoms in total. The third-order valence-corrected chi connectivity index (χ3v) is 7.54. The molecule has 1 aromatic heterocycles. The molecule has 2 N–H and O–H groups in total. The molecule has 0 spiro atoms. The predicted octanol–water partition coefficient (Wildman–Crippen LogP) is 3.54. The Balaban J connectivity index is 1.58. The van der Waals surface area contributed by atoms with Crippen molar-refractivity contribution in [3.05, 3.63) is 66.4 Å². The van der Waals surface area contributed by atoms with E-state index in [4.69, 9.17) is 4.74 Å². The van der Waals surface area contributed by atoms with E-state index in [9.17, 15) is 13.2 Å². The number of rotatable bonds is 7. The van der Waals surface area contributed by atoms with E-state index in [1.807, 2.05) is 36.4 Å². The lowest BCUT2D eigenvalue weighted by Gasteiger charge is -2.36. The van der Waals surface area contributed by atoms with Crippen molar-refractivity contribution >= 4 is 26.8 Å². The van der Waals surface area contributed by atoms with E-state index in [0.29, 0.717) is 24.9 Å². The van der Waals surface area contributed by atoms with Crippen LogP contribution in [0.15, 0.2) is 65.7 Å². The first-order valence-electron chi connectivity index (χ1n) is 10.7. The van der Waals surface area contributed by atoms with Crippen molar-refractivity contribution in [3.8, 4) is 5.75 Å². The van der Waals surface area contributed by atoms with Gasteiger partial charge in [-0.2, -0.15) is 4.72 Å². The number of carbonyl (C=O) groups excluding carboxylic acids is 1. The number of nitrogens with one attached hydrogen (secondary N) is 2. The quantitative estimate of drug-likeness (QED) is 0.570. The van der Waals surface area contributed by atoms with Gasteiger partial charge in [-0.05, 0) is 42.7 Å². The van der Waals surface area contributed by atoms with Gasteiger partial charge in [0, 0.05) is 18.1 Å². The van der Waals surface area contributed by atoms with Crippen LogP contribution in [0, 0.1) is 0 Å². The Kier molecular flexibility index (Phi) is 6.43. The summed E-state index contributed by atoms with van der Waals surface area (Å²) in [5.41, 5.74) is 0.124. The molecule has 0 radical (unpaired) electrons. The lowest BCUT2D eigenvalue weighted by atomic mass is 9.82. The monoisotopic (exact) mass is 453 g/mol. The average Bonchev–Trinajstić information content (AvgIpc) is 2.82. The molecular weight excluding hydrogens is 426 g/mol. The van der Waals surface area contributed by atoms with Gasteiger partial charge in [-0.15, -0.1) is 0 Å². The molecule has 0 unspecified atom stereocenters. The summed E-state index contributed by atoms with van der Waals surface area (Å²) in [6, 6.07) is 16.0. The summed E-state index contributed by atoms with van der Waals surface area (Å²) in [5, 5.41) is 3.67. The Hall–Kier alpha value is -2.97. The fraction of sp³-hybridized carbons (Fsp3) is 0.333. The Bertz CT molecular complexity index is 1200. The number of hydrogen-bond acceptors (Lipinski definition) is 5. The first-order valence-corrected chi connectivity index (χ1v) is 12.2. The highest BCUT2D eigenvalue weighted by Crippen LogP contribution is 2.31. The van der Waals surface area contributed by atoms with Gasteiger partial charge in [-0.3, -0.25) is 9.78 Å². The summed E-state index contributed by atoms with van der Waals surface area (Å²) in [6.45, 7) is 0.308. The number of fused-ring (bicyclic) bond motifs is 1. The molecule has 8 heteroatoms. The summed E-state index contributed by atoms with van der Waals surface area (Å²) < 4.78 is 34.8. The molecule has 4 rings (SSSR count). The maximum atomic E-state index is 13.4. The average molecular weight is 454 g/mol. The zero-order chi connectivity index (χ0) is 22.6. The van der Waals surface area contributed by atoms with Gasteiger partial charge < -0.3 is 10.1 Å². The molecule has 0 atom stereocenters. The summed E-state index contributed by atoms with van der Waals surface area (Å²) in [6.07, 6.45) is 5.03. The normalized spacial score (nSPS) is 15.9. The number of ether oxygens (including phenoxy) is 1. The van der Waals surface area contributed by atoms with Crippen LogP contribution in [-0.2, 0) is 21.4 Å². The van der Waals surface area contributed by atoms with Gasteiger partial charge >= 0.3 is 0 Å². The fourth-order valence-electron chi connectivity index (χ4n) is 4.23. The molecule has 3 aromatic rings. The summed E-state index contributed by atoms with van der Waals surface area (Å²) in [4.78, 5) is 17.7. The summed E-state index contributed by atoms with van der Waals surface area (Å²) >= 11 is 0. The number of sulfonamides is 1. The van der Waals surface area contributed by atoms with Gasteiger partial charge in [0.1, 0.15) is 16.2 Å². The van der Waals surface area contributed by atoms with Crippen molar-refractivity contribution in [1.29, 1.82) is 0 Å². The minimum absolute atomic E-state index is 0.0866. The van der Waals surface area contributed by atoms with Gasteiger partial charge in [0.25, 0.3) is 0 Å². The number of aromatic nitrogens is 1. The summed E-state index contributed by atoms with van der Waals surface area (Å²) in [7, 11) is -2.37. The van der Waals surface area contributed by atoms with Crippen LogP contribution in [0.1, 0.15) is 37.7 Å². The van der Waals surface area contributed by atoms with Gasteiger partial charge in [0.15, 0.2) is 0 Å². The summed E-state index contributed by atoms with van der Waals surface area (Å²) in [5.74, 6) is 0.435. The molecule has 0 aliphatic heterocycles. The van der Waals surface area contributed by atoms with Gasteiger partial charge in [-0.1, -0.05) is 49.6 Å². The number of pyridine rings is 1. The van der Waals surface area contributed by atoms with Crippen LogP contribution in [-0.4, -0.2) is 32.0 Å². The van der Waals surface area contributed by atoms with Crippen LogP contribution >= 0.6 is 0 Å². The zero-order valence-corrected chi connectivity index (χ0v) is 18.8. The van der Waals surface area contributed by atoms with Crippen molar-refractivity contribution in [1.82, 2.24) is 15.0 Å². The molecule has 32 heavy (non-hydrogen) atoms. The van der Waals surface area contributed by atoms with Crippen molar-refractivity contribution < 1.29 is 17.9 Å². The fourth-order valence-corrected chi connectivity index (χ4v) is 5.83. The van der Waals surface area contributed by atoms with Gasteiger partial charge in [0.05, 0.1) is 12.6 Å². The Morgan fingerprint density at radius 2 is 1.75 bits per heavy atom. The van der Waals surface area contributed by atoms with E-state index in [0.717, 1.165) is 36.0 Å². The minimum Gasteiger partial charge on any atom is -0.497 e. The van der Waals surface area contributed by atoms with Crippen LogP contribution < -0.4 is 14.8 Å². The highest BCUT2D eigenvalue weighted by atomic mass is 32.2. The first kappa shape index (κ1) is 22.2. The van der Waals surface area contributed by atoms with E-state index >= 15 is 0 Å². The van der Waals surface area contributed by atoms with E-state index in [1.54, 1.807) is 25.4 Å². The number of amides is 1. The molecular formula is C24H27N3O4S. The first-order chi connectivity index (χ1) is 15.4. The molecule has 168 valence electrons. The molecule has 1 fully saturated rings. The van der Waals surface area contributed by atoms with Crippen molar-refractivity contribution in [3.63, 3.8) is 0 Å². The molecule has 1 saturated carbocycles. The molecule has 2 aromatic carbocycles. The lowest BCUT2D eigenvalue weighted by Crippen LogP contribution is -2.59. The van der Waals surface area contributed by atoms with Crippen LogP contribution in [0.4, 0.5) is 0 Å². The largest absolute Gasteiger partial charge is 0.497 e. The SMILES string of the molecule is COc1ccc(CNC(=O)C2(NS(=O)(=O)c3cccc4cccnc34)CCCCC2)cc1. The van der Waals surface area contributed by atoms with Crippen LogP contribution in [0.5, 0.6) is 5.75 Å². The second-order valence-electron chi connectivity index (χ2n) is 8.11. The van der Waals surface area contributed by atoms with Crippen molar-refractivity contribution in [2.45, 2.75) is 49.1 Å². The maximum Gasteiger partial charge on any atom is 0.243 e. The van der Waals surface area contributed by atoms with E-state index in [1.165, 1.54) is 6.07 Å². The van der Waals surface area contributed by atoms with Gasteiger partial charge in [0.2, 0.25) is 15.9 Å². The number of methoxy groups -OCH3 is 1. The van der Waals surface area contributed by atoms with E-state index in [2.05, 4.69) is 15.0 Å². The third kappa shape index (κ3) is 4.61. The van der Waals surface area contributed by atoms with E-state index in [-0.39, 0.29) is 10.8 Å². The lowest BCUT2D eigenvalue weighted by molar-refractivity contribution is -0.128. The number of carbonyl (C=O) groups is 1. The highest BCUT2D eigenvalue weighted by molar-refractivity contribution is 7.89. The topological polar surface area (TPSA) is 97.4 Å². The van der Waals surface area contributed by atoms with Gasteiger partial charge in [-0.25, -0.2) is 8.42 Å². The molecule has 0 saturated heterocycles. The van der Waals surface area contributed by atoms with Crippen molar-refractivity contribution in [2.24, 2.45) is 0 Å². The smallest absolute Gasteiger partial charge is 0.243 e. The Morgan fingerprint density at radius 3 is 2.47 bits per heavy atom. The number of nitrogens with zero attached hydrogens (tertiary/aromatic N) is 1. The standard InChI is InChI=1S/C24H27N3O4S/c1-31-20-12-10-18(11-13-20)17-26-23(28)24(14-3-2-4-15-24)27-32(29,30)21-9-5-7-19-8-6-16-25-22(19)21/h5-13,16,27H,2-4,14-15,17H2,1H3,(H,26,28). The maximum absolute atomic E-state index is 13.4. The number of benzene rings is 2. The highest BCUT2D eigenvalue weighted by Gasteiger charge is 2.43. The van der Waals surface area contributed by atoms with Crippen LogP contribution in [0.25, 0.3) is 10.9 Å². The third-order valence-electron chi connectivity index (χ3n) is 5.97. The molecule has 1 amide bonds. The van der Waals surface area contributed by atoms with Crippen LogP contribution in [0.2, 0.25) is 0 Å². The molecule has 1 aliphatic carbocycles. The second-order valence-corrected chi connectivity index (χ2v) is 9.76. The molecule has 1 aliphatic rings. The van der Waals surface area contributed by atoms with Crippen molar-refractivity contribution in [2.75, 3.05) is 7.11 Å². The minimum atomic E-state index is -3.97. The Morgan fingerprint density at radius 1 is 1.03 bits per heavy atom. The number of para-hydroxylation sites is 1. The zero-order valence-electron chi connectivity index (χ0n) is 18.0. The second kappa shape index (κ2) is 9.26. The predicted molar refractivity (Wildman–Crippen MR) is 123 cm³/mol. The number of hydrogen-bond donors (Lipinski definition) is 2. The van der Waals surface area contributed by atoms with Crippen LogP contribution in [0.3, 0.4) is 0 Å². The Labute approximate surface area is 188 Å². The molecule has 0 bridgehead atoms. The van der Waals surface area contributed by atoms with E-state index < -0.39 is 15.6 Å².